The van der Waals surface area contributed by atoms with Crippen LogP contribution < -0.4 is 5.32 Å². The van der Waals surface area contributed by atoms with Gasteiger partial charge in [-0.1, -0.05) is 127 Å². The van der Waals surface area contributed by atoms with Crippen molar-refractivity contribution < 1.29 is 28.6 Å². The number of anilines is 1. The number of carbonyl (C=O) groups is 3. The monoisotopic (exact) mass is 789 g/mol. The highest BCUT2D eigenvalue weighted by molar-refractivity contribution is 5.93. The molecular weight excluding hydrogens is 713 g/mol. The molecule has 1 aromatic carbocycles. The van der Waals surface area contributed by atoms with E-state index in [2.05, 4.69) is 72.8 Å². The third kappa shape index (κ3) is 27.4. The number of carbonyl (C=O) groups excluding carboxylic acids is 3. The zero-order chi connectivity index (χ0) is 40.9. The lowest BCUT2D eigenvalue weighted by atomic mass is 10.1. The van der Waals surface area contributed by atoms with Crippen LogP contribution in [0, 0.1) is 5.92 Å². The third-order valence-corrected chi connectivity index (χ3v) is 9.92. The van der Waals surface area contributed by atoms with Gasteiger partial charge in [-0.05, 0) is 95.2 Å². The molecule has 0 radical (unpaired) electrons. The zero-order valence-corrected chi connectivity index (χ0v) is 35.7. The molecule has 1 aliphatic heterocycles. The Bertz CT molecular complexity index is 1300. The summed E-state index contributed by atoms with van der Waals surface area (Å²) in [6.45, 7) is 5.06. The van der Waals surface area contributed by atoms with Crippen LogP contribution in [0.2, 0.25) is 0 Å². The quantitative estimate of drug-likeness (QED) is 0.0316. The van der Waals surface area contributed by atoms with E-state index in [9.17, 15) is 14.4 Å². The molecule has 0 fully saturated rings. The van der Waals surface area contributed by atoms with Gasteiger partial charge in [0, 0.05) is 19.1 Å². The Morgan fingerprint density at radius 3 is 1.56 bits per heavy atom. The Balaban J connectivity index is 1.65. The number of hydrogen-bond acceptors (Lipinski definition) is 8. The maximum atomic E-state index is 12.9. The summed E-state index contributed by atoms with van der Waals surface area (Å²) < 4.78 is 16.8. The molecule has 57 heavy (non-hydrogen) atoms. The molecule has 0 aromatic heterocycles. The molecule has 0 aliphatic carbocycles. The van der Waals surface area contributed by atoms with Crippen molar-refractivity contribution in [2.75, 3.05) is 31.7 Å². The Kier molecular flexibility index (Phi) is 30.4. The summed E-state index contributed by atoms with van der Waals surface area (Å²) >= 11 is 0. The predicted octanol–water partition coefficient (Wildman–Crippen LogP) is 13.3. The molecule has 1 heterocycles. The van der Waals surface area contributed by atoms with Gasteiger partial charge >= 0.3 is 17.9 Å². The average molecular weight is 789 g/mol. The van der Waals surface area contributed by atoms with E-state index in [1.807, 2.05) is 0 Å². The van der Waals surface area contributed by atoms with Crippen LogP contribution in [0.4, 0.5) is 11.4 Å². The zero-order valence-electron chi connectivity index (χ0n) is 35.7. The number of unbranched alkanes of at least 4 members (excludes halogenated alkanes) is 16. The van der Waals surface area contributed by atoms with Gasteiger partial charge in [0.1, 0.15) is 19.8 Å². The van der Waals surface area contributed by atoms with Crippen molar-refractivity contribution in [1.82, 2.24) is 0 Å². The average Bonchev–Trinajstić information content (AvgIpc) is 3.23. The van der Waals surface area contributed by atoms with Crippen LogP contribution in [0.5, 0.6) is 0 Å². The summed E-state index contributed by atoms with van der Waals surface area (Å²) in [7, 11) is 0. The minimum atomic E-state index is -0.493. The van der Waals surface area contributed by atoms with Crippen LogP contribution in [0.1, 0.15) is 178 Å². The van der Waals surface area contributed by atoms with Gasteiger partial charge in [0.25, 0.3) is 0 Å². The fraction of sp³-hybridized carbons (Fsp3) is 0.633. The molecule has 0 saturated carbocycles. The molecule has 0 unspecified atom stereocenters. The van der Waals surface area contributed by atoms with Gasteiger partial charge in [-0.15, -0.1) is 0 Å². The normalized spacial score (nSPS) is 12.6. The van der Waals surface area contributed by atoms with E-state index >= 15 is 0 Å². The highest BCUT2D eigenvalue weighted by atomic mass is 16.6. The number of rotatable bonds is 35. The molecule has 8 nitrogen and oxygen atoms in total. The molecule has 1 aliphatic rings. The fourth-order valence-corrected chi connectivity index (χ4v) is 6.37. The summed E-state index contributed by atoms with van der Waals surface area (Å²) in [6, 6.07) is 5.17. The standard InChI is InChI=1S/C49H76N2O6/c1-3-5-7-9-11-13-15-17-19-21-23-25-27-29-31-33-47(52)55-40-43(42-57-49(54)44-35-36-45-46(39-44)51-38-37-50-45)41-56-48(53)34-32-30-28-26-24-22-20-18-16-14-12-10-8-6-4-2/h11-14,17-20,35-37,39,43,51H,3-10,15-16,21-34,38,40-42H2,1-2H3/b13-11-,14-12-,19-17-,20-18-. The van der Waals surface area contributed by atoms with E-state index in [0.29, 0.717) is 24.9 Å². The van der Waals surface area contributed by atoms with E-state index in [4.69, 9.17) is 14.2 Å². The molecule has 8 heteroatoms. The number of esters is 3. The van der Waals surface area contributed by atoms with E-state index in [0.717, 1.165) is 101 Å². The Morgan fingerprint density at radius 2 is 1.05 bits per heavy atom. The third-order valence-electron chi connectivity index (χ3n) is 9.92. The smallest absolute Gasteiger partial charge is 0.338 e. The van der Waals surface area contributed by atoms with Crippen molar-refractivity contribution in [3.8, 4) is 0 Å². The summed E-state index contributed by atoms with van der Waals surface area (Å²) in [5, 5.41) is 3.20. The van der Waals surface area contributed by atoms with E-state index in [-0.39, 0.29) is 31.8 Å². The van der Waals surface area contributed by atoms with Gasteiger partial charge in [-0.25, -0.2) is 4.79 Å². The van der Waals surface area contributed by atoms with E-state index in [1.54, 1.807) is 24.4 Å². The number of benzene rings is 1. The second kappa shape index (κ2) is 35.2. The minimum absolute atomic E-state index is 0.0177. The highest BCUT2D eigenvalue weighted by Gasteiger charge is 2.19. The van der Waals surface area contributed by atoms with Crippen LogP contribution in [0.3, 0.4) is 0 Å². The number of fused-ring (bicyclic) bond motifs is 1. The van der Waals surface area contributed by atoms with Crippen molar-refractivity contribution in [2.45, 2.75) is 168 Å². The predicted molar refractivity (Wildman–Crippen MR) is 237 cm³/mol. The maximum absolute atomic E-state index is 12.9. The van der Waals surface area contributed by atoms with Crippen molar-refractivity contribution in [3.63, 3.8) is 0 Å². The highest BCUT2D eigenvalue weighted by Crippen LogP contribution is 2.28. The molecule has 318 valence electrons. The van der Waals surface area contributed by atoms with Gasteiger partial charge in [0.05, 0.1) is 29.4 Å². The second-order valence-corrected chi connectivity index (χ2v) is 15.2. The van der Waals surface area contributed by atoms with Gasteiger partial charge in [0.15, 0.2) is 0 Å². The maximum Gasteiger partial charge on any atom is 0.338 e. The topological polar surface area (TPSA) is 103 Å². The van der Waals surface area contributed by atoms with Crippen LogP contribution in [-0.2, 0) is 23.8 Å². The number of nitrogens with zero attached hydrogens (tertiary/aromatic N) is 1. The summed E-state index contributed by atoms with van der Waals surface area (Å²) in [4.78, 5) is 42.5. The lowest BCUT2D eigenvalue weighted by Gasteiger charge is -2.18. The lowest BCUT2D eigenvalue weighted by Crippen LogP contribution is -2.26. The van der Waals surface area contributed by atoms with Gasteiger partial charge in [0.2, 0.25) is 0 Å². The van der Waals surface area contributed by atoms with Gasteiger partial charge < -0.3 is 19.5 Å². The minimum Gasteiger partial charge on any atom is -0.465 e. The first kappa shape index (κ1) is 49.2. The first-order valence-corrected chi connectivity index (χ1v) is 22.5. The number of allylic oxidation sites excluding steroid dienone is 8. The largest absolute Gasteiger partial charge is 0.465 e. The SMILES string of the molecule is CCCCC/C=C\C/C=C\CCCCCCCC(=O)OCC(COC(=O)CCCCCCC/C=C\C/C=C\CCCCC)COC(=O)c1ccc2c(c1)NCC=N2. The van der Waals surface area contributed by atoms with E-state index < -0.39 is 11.9 Å². The molecule has 2 rings (SSSR count). The van der Waals surface area contributed by atoms with Gasteiger partial charge in [-0.3, -0.25) is 14.6 Å². The number of aliphatic imine (C=N–C) groups is 1. The van der Waals surface area contributed by atoms with Crippen LogP contribution in [0.25, 0.3) is 0 Å². The Morgan fingerprint density at radius 1 is 0.596 bits per heavy atom. The van der Waals surface area contributed by atoms with Crippen molar-refractivity contribution >= 4 is 35.5 Å². The molecular formula is C49H76N2O6. The van der Waals surface area contributed by atoms with Gasteiger partial charge in [-0.2, -0.15) is 0 Å². The molecule has 0 atom stereocenters. The lowest BCUT2D eigenvalue weighted by molar-refractivity contribution is -0.150. The molecule has 0 spiro atoms. The number of hydrogen-bond donors (Lipinski definition) is 1. The van der Waals surface area contributed by atoms with Crippen molar-refractivity contribution in [1.29, 1.82) is 0 Å². The first-order chi connectivity index (χ1) is 28.0. The summed E-state index contributed by atoms with van der Waals surface area (Å²) in [5.74, 6) is -1.52. The van der Waals surface area contributed by atoms with Crippen molar-refractivity contribution in [2.24, 2.45) is 10.9 Å². The van der Waals surface area contributed by atoms with Crippen LogP contribution in [0.15, 0.2) is 71.8 Å². The molecule has 1 N–H and O–H groups in total. The van der Waals surface area contributed by atoms with Crippen molar-refractivity contribution in [3.05, 3.63) is 72.4 Å². The first-order valence-electron chi connectivity index (χ1n) is 22.5. The number of ether oxygens (including phenoxy) is 3. The summed E-state index contributed by atoms with van der Waals surface area (Å²) in [5.41, 5.74) is 1.93. The fourth-order valence-electron chi connectivity index (χ4n) is 6.37. The van der Waals surface area contributed by atoms with E-state index in [1.165, 1.54) is 51.4 Å². The Hall–Kier alpha value is -3.94. The molecule has 0 saturated heterocycles. The Labute approximate surface area is 346 Å². The molecule has 0 amide bonds. The van der Waals surface area contributed by atoms with Crippen LogP contribution >= 0.6 is 0 Å². The summed E-state index contributed by atoms with van der Waals surface area (Å²) in [6.07, 6.45) is 45.2. The molecule has 0 bridgehead atoms. The number of nitrogens with one attached hydrogen (secondary N) is 1. The molecule has 1 aromatic rings. The second-order valence-electron chi connectivity index (χ2n) is 15.2. The van der Waals surface area contributed by atoms with Crippen LogP contribution in [-0.4, -0.2) is 50.5 Å².